The molecule has 0 radical (unpaired) electrons. The van der Waals surface area contributed by atoms with Gasteiger partial charge in [-0.1, -0.05) is 23.7 Å². The van der Waals surface area contributed by atoms with Crippen LogP contribution in [0.15, 0.2) is 24.3 Å². The van der Waals surface area contributed by atoms with Crippen LogP contribution in [0, 0.1) is 0 Å². The summed E-state index contributed by atoms with van der Waals surface area (Å²) in [5.41, 5.74) is 0.860. The quantitative estimate of drug-likeness (QED) is 0.588. The highest BCUT2D eigenvalue weighted by atomic mass is 35.5. The molecule has 0 aliphatic carbocycles. The smallest absolute Gasteiger partial charge is 0.322 e. The van der Waals surface area contributed by atoms with Crippen molar-refractivity contribution in [2.75, 3.05) is 0 Å². The summed E-state index contributed by atoms with van der Waals surface area (Å²) in [5, 5.41) is 0.651. The van der Waals surface area contributed by atoms with Crippen molar-refractivity contribution in [2.45, 2.75) is 6.42 Å². The van der Waals surface area contributed by atoms with E-state index in [1.54, 1.807) is 24.3 Å². The molecule has 4 heteroatoms. The molecule has 12 heavy (non-hydrogen) atoms. The molecule has 0 aromatic heterocycles. The molecule has 1 rings (SSSR count). The van der Waals surface area contributed by atoms with Crippen molar-refractivity contribution in [3.63, 3.8) is 0 Å². The summed E-state index contributed by atoms with van der Waals surface area (Å²) in [4.78, 5) is 10.7. The van der Waals surface area contributed by atoms with Gasteiger partial charge in [-0.25, -0.2) is 0 Å². The lowest BCUT2D eigenvalue weighted by molar-refractivity contribution is -0.132. The van der Waals surface area contributed by atoms with Crippen LogP contribution in [0.5, 0.6) is 0 Å². The van der Waals surface area contributed by atoms with E-state index in [0.29, 0.717) is 5.02 Å². The minimum Gasteiger partial charge on any atom is -0.394 e. The number of benzene rings is 1. The molecular formula is C8H7ClO2S. The average Bonchev–Trinajstić information content (AvgIpc) is 2.09. The lowest BCUT2D eigenvalue weighted by Gasteiger charge is -1.97. The standard InChI is InChI=1S/C8H7ClO2S/c9-7-3-1-6(2-4-7)5-8(10)11-12/h1-4,12H,5H2. The minimum absolute atomic E-state index is 0.223. The van der Waals surface area contributed by atoms with Gasteiger partial charge in [-0.3, -0.25) is 4.79 Å². The van der Waals surface area contributed by atoms with Gasteiger partial charge >= 0.3 is 5.97 Å². The fraction of sp³-hybridized carbons (Fsp3) is 0.125. The van der Waals surface area contributed by atoms with Crippen molar-refractivity contribution in [1.29, 1.82) is 0 Å². The second kappa shape index (κ2) is 4.38. The van der Waals surface area contributed by atoms with E-state index < -0.39 is 0 Å². The first-order valence-corrected chi connectivity index (χ1v) is 4.05. The lowest BCUT2D eigenvalue weighted by Crippen LogP contribution is -2.01. The average molecular weight is 203 g/mol. The third kappa shape index (κ3) is 2.75. The van der Waals surface area contributed by atoms with Gasteiger partial charge in [0.2, 0.25) is 0 Å². The Kier molecular flexibility index (Phi) is 3.44. The van der Waals surface area contributed by atoms with Gasteiger partial charge in [0.15, 0.2) is 0 Å². The van der Waals surface area contributed by atoms with E-state index in [1.165, 1.54) is 0 Å². The zero-order valence-corrected chi connectivity index (χ0v) is 7.81. The maximum Gasteiger partial charge on any atom is 0.322 e. The normalized spacial score (nSPS) is 9.50. The number of rotatable bonds is 2. The Bertz CT molecular complexity index is 271. The van der Waals surface area contributed by atoms with Gasteiger partial charge in [-0.2, -0.15) is 0 Å². The molecule has 0 amide bonds. The van der Waals surface area contributed by atoms with Crippen molar-refractivity contribution in [1.82, 2.24) is 0 Å². The molecule has 0 spiro atoms. The highest BCUT2D eigenvalue weighted by Crippen LogP contribution is 2.10. The first kappa shape index (κ1) is 9.42. The van der Waals surface area contributed by atoms with Crippen LogP contribution >= 0.6 is 24.5 Å². The largest absolute Gasteiger partial charge is 0.394 e. The summed E-state index contributed by atoms with van der Waals surface area (Å²) in [5.74, 6) is -0.374. The fourth-order valence-electron chi connectivity index (χ4n) is 0.801. The molecule has 0 atom stereocenters. The van der Waals surface area contributed by atoms with Crippen molar-refractivity contribution in [3.05, 3.63) is 34.9 Å². The van der Waals surface area contributed by atoms with Crippen LogP contribution in [0.25, 0.3) is 0 Å². The minimum atomic E-state index is -0.374. The molecule has 64 valence electrons. The Morgan fingerprint density at radius 3 is 2.50 bits per heavy atom. The summed E-state index contributed by atoms with van der Waals surface area (Å²) in [6.45, 7) is 0. The van der Waals surface area contributed by atoms with Crippen LogP contribution in [0.1, 0.15) is 5.56 Å². The summed E-state index contributed by atoms with van der Waals surface area (Å²) >= 11 is 9.04. The molecule has 0 fully saturated rings. The summed E-state index contributed by atoms with van der Waals surface area (Å²) in [6, 6.07) is 6.99. The Hall–Kier alpha value is -0.670. The molecule has 0 saturated carbocycles. The number of hydrogen-bond acceptors (Lipinski definition) is 3. The van der Waals surface area contributed by atoms with Crippen LogP contribution in [0.4, 0.5) is 0 Å². The lowest BCUT2D eigenvalue weighted by atomic mass is 10.2. The molecule has 0 heterocycles. The predicted octanol–water partition coefficient (Wildman–Crippen LogP) is 2.27. The molecule has 0 saturated heterocycles. The van der Waals surface area contributed by atoms with Gasteiger partial charge in [-0.15, -0.1) is 0 Å². The van der Waals surface area contributed by atoms with E-state index in [1.807, 2.05) is 0 Å². The van der Waals surface area contributed by atoms with Crippen LogP contribution in [-0.2, 0) is 15.4 Å². The second-order valence-electron chi connectivity index (χ2n) is 2.27. The van der Waals surface area contributed by atoms with Crippen molar-refractivity contribution < 1.29 is 8.98 Å². The maximum atomic E-state index is 10.7. The first-order valence-electron chi connectivity index (χ1n) is 3.31. The molecule has 2 nitrogen and oxygen atoms in total. The molecular weight excluding hydrogens is 196 g/mol. The summed E-state index contributed by atoms with van der Waals surface area (Å²) in [7, 11) is 0. The molecule has 0 bridgehead atoms. The van der Waals surface area contributed by atoms with E-state index in [2.05, 4.69) is 17.1 Å². The van der Waals surface area contributed by atoms with Gasteiger partial charge in [0.25, 0.3) is 0 Å². The van der Waals surface area contributed by atoms with Gasteiger partial charge in [0.05, 0.1) is 6.42 Å². The molecule has 0 unspecified atom stereocenters. The molecule has 1 aromatic rings. The van der Waals surface area contributed by atoms with Gasteiger partial charge in [-0.05, 0) is 17.7 Å². The number of carbonyl (C=O) groups is 1. The predicted molar refractivity (Wildman–Crippen MR) is 50.2 cm³/mol. The second-order valence-corrected chi connectivity index (χ2v) is 2.89. The first-order chi connectivity index (χ1) is 5.72. The molecule has 1 aromatic carbocycles. The monoisotopic (exact) mass is 202 g/mol. The number of thiol groups is 1. The van der Waals surface area contributed by atoms with Crippen molar-refractivity contribution >= 4 is 30.5 Å². The Morgan fingerprint density at radius 2 is 2.00 bits per heavy atom. The van der Waals surface area contributed by atoms with E-state index in [9.17, 15) is 4.79 Å². The zero-order chi connectivity index (χ0) is 8.97. The van der Waals surface area contributed by atoms with Gasteiger partial charge in [0.1, 0.15) is 0 Å². The fourth-order valence-corrected chi connectivity index (χ4v) is 0.992. The van der Waals surface area contributed by atoms with E-state index >= 15 is 0 Å². The van der Waals surface area contributed by atoms with Crippen molar-refractivity contribution in [3.8, 4) is 0 Å². The number of hydrogen-bond donors (Lipinski definition) is 1. The topological polar surface area (TPSA) is 26.3 Å². The van der Waals surface area contributed by atoms with Gasteiger partial charge < -0.3 is 4.18 Å². The highest BCUT2D eigenvalue weighted by molar-refractivity contribution is 7.75. The highest BCUT2D eigenvalue weighted by Gasteiger charge is 2.01. The van der Waals surface area contributed by atoms with Crippen LogP contribution < -0.4 is 0 Å². The third-order valence-electron chi connectivity index (χ3n) is 1.36. The molecule has 0 N–H and O–H groups in total. The molecule has 0 aliphatic rings. The van der Waals surface area contributed by atoms with Gasteiger partial charge in [0, 0.05) is 17.9 Å². The number of carbonyl (C=O) groups excluding carboxylic acids is 1. The van der Waals surface area contributed by atoms with E-state index in [0.717, 1.165) is 5.56 Å². The number of halogens is 1. The van der Waals surface area contributed by atoms with Crippen molar-refractivity contribution in [2.24, 2.45) is 0 Å². The Morgan fingerprint density at radius 1 is 1.42 bits per heavy atom. The van der Waals surface area contributed by atoms with Crippen LogP contribution in [0.2, 0.25) is 5.02 Å². The molecule has 0 aliphatic heterocycles. The summed E-state index contributed by atoms with van der Waals surface area (Å²) in [6.07, 6.45) is 0.223. The Balaban J connectivity index is 2.64. The summed E-state index contributed by atoms with van der Waals surface area (Å²) < 4.78 is 4.21. The third-order valence-corrected chi connectivity index (χ3v) is 1.82. The zero-order valence-electron chi connectivity index (χ0n) is 6.16. The van der Waals surface area contributed by atoms with E-state index in [4.69, 9.17) is 11.6 Å². The van der Waals surface area contributed by atoms with Crippen LogP contribution in [0.3, 0.4) is 0 Å². The van der Waals surface area contributed by atoms with Crippen LogP contribution in [-0.4, -0.2) is 5.97 Å². The SMILES string of the molecule is O=C(Cc1ccc(Cl)cc1)OS. The van der Waals surface area contributed by atoms with E-state index in [-0.39, 0.29) is 12.4 Å². The Labute approximate surface area is 81.1 Å². The maximum absolute atomic E-state index is 10.7.